The number of amides is 1. The van der Waals surface area contributed by atoms with Crippen molar-refractivity contribution in [2.75, 3.05) is 5.73 Å². The first-order valence-electron chi connectivity index (χ1n) is 5.41. The molecule has 0 fully saturated rings. The second kappa shape index (κ2) is 4.14. The Morgan fingerprint density at radius 2 is 1.89 bits per heavy atom. The minimum absolute atomic E-state index is 0.117. The highest BCUT2D eigenvalue weighted by Crippen LogP contribution is 2.30. The maximum Gasteiger partial charge on any atom is 0.290 e. The quantitative estimate of drug-likeness (QED) is 0.787. The number of rotatable bonds is 3. The van der Waals surface area contributed by atoms with Crippen LogP contribution in [-0.2, 0) is 5.41 Å². The van der Waals surface area contributed by atoms with Crippen LogP contribution < -0.4 is 11.5 Å². The molecule has 1 amide bonds. The molecule has 2 aromatic rings. The summed E-state index contributed by atoms with van der Waals surface area (Å²) in [5.74, 6) is -0.493. The van der Waals surface area contributed by atoms with Gasteiger partial charge >= 0.3 is 0 Å². The van der Waals surface area contributed by atoms with Crippen LogP contribution in [0.25, 0.3) is 0 Å². The average Bonchev–Trinajstić information content (AvgIpc) is 2.79. The fourth-order valence-corrected chi connectivity index (χ4v) is 1.60. The third-order valence-corrected chi connectivity index (χ3v) is 2.81. The first-order valence-corrected chi connectivity index (χ1v) is 5.41. The van der Waals surface area contributed by atoms with Crippen molar-refractivity contribution in [1.29, 1.82) is 0 Å². The molecule has 0 aliphatic carbocycles. The van der Waals surface area contributed by atoms with Gasteiger partial charge in [-0.3, -0.25) is 4.79 Å². The van der Waals surface area contributed by atoms with Crippen LogP contribution >= 0.6 is 0 Å². The number of carbonyl (C=O) groups excluding carboxylic acids is 1. The fourth-order valence-electron chi connectivity index (χ4n) is 1.60. The number of nitrogen functional groups attached to an aromatic ring is 1. The smallest absolute Gasteiger partial charge is 0.290 e. The average molecular weight is 246 g/mol. The van der Waals surface area contributed by atoms with Crippen molar-refractivity contribution in [2.45, 2.75) is 19.3 Å². The van der Waals surface area contributed by atoms with E-state index in [1.54, 1.807) is 12.1 Å². The summed E-state index contributed by atoms with van der Waals surface area (Å²) in [7, 11) is 0. The zero-order valence-electron chi connectivity index (χ0n) is 10.2. The molecule has 18 heavy (non-hydrogen) atoms. The normalized spacial score (nSPS) is 11.4. The van der Waals surface area contributed by atoms with E-state index in [1.807, 2.05) is 26.0 Å². The summed E-state index contributed by atoms with van der Waals surface area (Å²) in [6.45, 7) is 3.83. The summed E-state index contributed by atoms with van der Waals surface area (Å²) < 4.78 is 5.08. The van der Waals surface area contributed by atoms with Gasteiger partial charge in [0.1, 0.15) is 0 Å². The molecule has 94 valence electrons. The second-order valence-corrected chi connectivity index (χ2v) is 4.53. The van der Waals surface area contributed by atoms with Crippen molar-refractivity contribution in [3.63, 3.8) is 0 Å². The van der Waals surface area contributed by atoms with Crippen molar-refractivity contribution < 1.29 is 9.32 Å². The number of hydrogen-bond donors (Lipinski definition) is 2. The van der Waals surface area contributed by atoms with Gasteiger partial charge in [0.25, 0.3) is 11.7 Å². The van der Waals surface area contributed by atoms with Crippen molar-refractivity contribution >= 4 is 11.6 Å². The molecule has 1 aromatic carbocycles. The first-order chi connectivity index (χ1) is 8.41. The van der Waals surface area contributed by atoms with E-state index < -0.39 is 11.3 Å². The molecule has 0 bridgehead atoms. The molecule has 0 saturated carbocycles. The van der Waals surface area contributed by atoms with Crippen LogP contribution in [-0.4, -0.2) is 16.0 Å². The summed E-state index contributed by atoms with van der Waals surface area (Å²) in [5.41, 5.74) is 11.8. The molecule has 6 heteroatoms. The van der Waals surface area contributed by atoms with E-state index in [0.717, 1.165) is 5.56 Å². The molecule has 0 unspecified atom stereocenters. The van der Waals surface area contributed by atoms with Crippen LogP contribution in [0.15, 0.2) is 28.8 Å². The monoisotopic (exact) mass is 246 g/mol. The Kier molecular flexibility index (Phi) is 2.78. The zero-order valence-corrected chi connectivity index (χ0v) is 10.2. The Hall–Kier alpha value is -2.37. The van der Waals surface area contributed by atoms with Crippen LogP contribution in [0.3, 0.4) is 0 Å². The Bertz CT molecular complexity index is 572. The maximum atomic E-state index is 10.9. The minimum atomic E-state index is -0.710. The van der Waals surface area contributed by atoms with Gasteiger partial charge in [-0.25, -0.2) is 0 Å². The van der Waals surface area contributed by atoms with Gasteiger partial charge in [-0.05, 0) is 31.5 Å². The molecule has 1 aromatic heterocycles. The van der Waals surface area contributed by atoms with E-state index in [2.05, 4.69) is 10.1 Å². The number of carbonyl (C=O) groups is 1. The number of nitrogens with two attached hydrogens (primary N) is 2. The third-order valence-electron chi connectivity index (χ3n) is 2.81. The number of hydrogen-bond acceptors (Lipinski definition) is 5. The highest BCUT2D eigenvalue weighted by molar-refractivity contribution is 5.88. The number of nitrogens with zero attached hydrogens (tertiary/aromatic N) is 2. The van der Waals surface area contributed by atoms with Gasteiger partial charge in [0.2, 0.25) is 5.89 Å². The van der Waals surface area contributed by atoms with E-state index in [1.165, 1.54) is 0 Å². The molecule has 0 spiro atoms. The Labute approximate surface area is 104 Å². The van der Waals surface area contributed by atoms with Gasteiger partial charge in [0.15, 0.2) is 0 Å². The van der Waals surface area contributed by atoms with Gasteiger partial charge in [-0.1, -0.05) is 17.3 Å². The highest BCUT2D eigenvalue weighted by Gasteiger charge is 2.30. The largest absolute Gasteiger partial charge is 0.399 e. The van der Waals surface area contributed by atoms with Gasteiger partial charge < -0.3 is 16.0 Å². The standard InChI is InChI=1S/C12H14N4O2/c1-12(2,7-3-5-8(13)6-4-7)11-15-10(9(14)17)16-18-11/h3-6H,13H2,1-2H3,(H2,14,17). The van der Waals surface area contributed by atoms with Crippen LogP contribution in [0.4, 0.5) is 5.69 Å². The summed E-state index contributed by atoms with van der Waals surface area (Å²) >= 11 is 0. The van der Waals surface area contributed by atoms with Crippen molar-refractivity contribution in [2.24, 2.45) is 5.73 Å². The topological polar surface area (TPSA) is 108 Å². The van der Waals surface area contributed by atoms with E-state index in [4.69, 9.17) is 16.0 Å². The minimum Gasteiger partial charge on any atom is -0.399 e. The molecule has 1 heterocycles. The van der Waals surface area contributed by atoms with E-state index >= 15 is 0 Å². The highest BCUT2D eigenvalue weighted by atomic mass is 16.5. The molecule has 4 N–H and O–H groups in total. The molecule has 0 atom stereocenters. The van der Waals surface area contributed by atoms with Gasteiger partial charge in [0, 0.05) is 5.69 Å². The van der Waals surface area contributed by atoms with E-state index in [9.17, 15) is 4.79 Å². The predicted octanol–water partition coefficient (Wildman–Crippen LogP) is 1.08. The molecule has 0 radical (unpaired) electrons. The molecule has 6 nitrogen and oxygen atoms in total. The van der Waals surface area contributed by atoms with Crippen molar-refractivity contribution in [3.05, 3.63) is 41.5 Å². The predicted molar refractivity (Wildman–Crippen MR) is 65.8 cm³/mol. The SMILES string of the molecule is CC(C)(c1ccc(N)cc1)c1nc(C(N)=O)no1. The molecular weight excluding hydrogens is 232 g/mol. The lowest BCUT2D eigenvalue weighted by atomic mass is 9.84. The van der Waals surface area contributed by atoms with Gasteiger partial charge in [0.05, 0.1) is 5.41 Å². The zero-order chi connectivity index (χ0) is 13.3. The lowest BCUT2D eigenvalue weighted by molar-refractivity contribution is 0.0987. The fraction of sp³-hybridized carbons (Fsp3) is 0.250. The second-order valence-electron chi connectivity index (χ2n) is 4.53. The summed E-state index contributed by atoms with van der Waals surface area (Å²) in [6, 6.07) is 7.35. The summed E-state index contributed by atoms with van der Waals surface area (Å²) in [4.78, 5) is 14.9. The van der Waals surface area contributed by atoms with Crippen molar-refractivity contribution in [1.82, 2.24) is 10.1 Å². The Balaban J connectivity index is 2.40. The molecular formula is C12H14N4O2. The lowest BCUT2D eigenvalue weighted by Gasteiger charge is -2.20. The van der Waals surface area contributed by atoms with Gasteiger partial charge in [-0.2, -0.15) is 4.98 Å². The molecule has 0 saturated heterocycles. The molecule has 0 aliphatic heterocycles. The van der Waals surface area contributed by atoms with Crippen molar-refractivity contribution in [3.8, 4) is 0 Å². The number of anilines is 1. The van der Waals surface area contributed by atoms with Gasteiger partial charge in [-0.15, -0.1) is 0 Å². The van der Waals surface area contributed by atoms with Crippen LogP contribution in [0.2, 0.25) is 0 Å². The number of aromatic nitrogens is 2. The number of benzene rings is 1. The third kappa shape index (κ3) is 2.04. The number of primary amides is 1. The van der Waals surface area contributed by atoms with Crippen LogP contribution in [0.1, 0.15) is 35.9 Å². The van der Waals surface area contributed by atoms with Crippen LogP contribution in [0.5, 0.6) is 0 Å². The summed E-state index contributed by atoms with van der Waals surface area (Å²) in [6.07, 6.45) is 0. The molecule has 2 rings (SSSR count). The van der Waals surface area contributed by atoms with Crippen LogP contribution in [0, 0.1) is 0 Å². The van der Waals surface area contributed by atoms with E-state index in [-0.39, 0.29) is 5.82 Å². The maximum absolute atomic E-state index is 10.9. The Morgan fingerprint density at radius 3 is 2.39 bits per heavy atom. The summed E-state index contributed by atoms with van der Waals surface area (Å²) in [5, 5.41) is 3.54. The first kappa shape index (κ1) is 12.1. The lowest BCUT2D eigenvalue weighted by Crippen LogP contribution is -2.20. The van der Waals surface area contributed by atoms with E-state index in [0.29, 0.717) is 11.6 Å². The molecule has 0 aliphatic rings. The Morgan fingerprint density at radius 1 is 1.28 bits per heavy atom.